The summed E-state index contributed by atoms with van der Waals surface area (Å²) in [4.78, 5) is 4.58. The van der Waals surface area contributed by atoms with Crippen LogP contribution in [0.4, 0.5) is 5.69 Å². The van der Waals surface area contributed by atoms with Crippen molar-refractivity contribution >= 4 is 16.6 Å². The lowest BCUT2D eigenvalue weighted by molar-refractivity contribution is 1.07. The average molecular weight is 224 g/mol. The predicted octanol–water partition coefficient (Wildman–Crippen LogP) is 2.57. The fourth-order valence-corrected chi connectivity index (χ4v) is 1.75. The Hall–Kier alpha value is -2.36. The van der Waals surface area contributed by atoms with Crippen molar-refractivity contribution in [3.05, 3.63) is 54.5 Å². The molecule has 0 amide bonds. The van der Waals surface area contributed by atoms with E-state index < -0.39 is 0 Å². The summed E-state index contributed by atoms with van der Waals surface area (Å²) in [5.74, 6) is 0. The van der Waals surface area contributed by atoms with Gasteiger partial charge in [0.1, 0.15) is 0 Å². The third-order valence-corrected chi connectivity index (χ3v) is 2.63. The highest BCUT2D eigenvalue weighted by Gasteiger charge is 1.98. The summed E-state index contributed by atoms with van der Waals surface area (Å²) in [6.45, 7) is 0.699. The third kappa shape index (κ3) is 2.10. The van der Waals surface area contributed by atoms with Gasteiger partial charge in [0.05, 0.1) is 29.6 Å². The maximum atomic E-state index is 4.58. The molecule has 2 heterocycles. The Morgan fingerprint density at radius 1 is 1.12 bits per heavy atom. The Labute approximate surface area is 98.7 Å². The molecule has 0 unspecified atom stereocenters. The second kappa shape index (κ2) is 4.25. The molecule has 0 aliphatic heterocycles. The maximum Gasteiger partial charge on any atom is 0.0726 e. The van der Waals surface area contributed by atoms with Crippen LogP contribution in [0.15, 0.2) is 48.8 Å². The standard InChI is InChI=1S/C13H12N4/c1-2-4-13-10(3-1)5-6-11(17-13)7-14-12-8-15-16-9-12/h1-6,8-9,14H,7H2,(H,15,16). The number of aromatic amines is 1. The number of hydrogen-bond acceptors (Lipinski definition) is 3. The Balaban J connectivity index is 1.81. The van der Waals surface area contributed by atoms with E-state index in [1.165, 1.54) is 5.39 Å². The Morgan fingerprint density at radius 2 is 2.06 bits per heavy atom. The lowest BCUT2D eigenvalue weighted by atomic mass is 10.2. The Kier molecular flexibility index (Phi) is 2.46. The molecule has 3 rings (SSSR count). The Bertz CT molecular complexity index is 616. The molecular weight excluding hydrogens is 212 g/mol. The molecule has 0 fully saturated rings. The van der Waals surface area contributed by atoms with E-state index in [0.29, 0.717) is 6.54 Å². The van der Waals surface area contributed by atoms with E-state index in [1.807, 2.05) is 30.5 Å². The normalized spacial score (nSPS) is 10.6. The van der Waals surface area contributed by atoms with E-state index in [1.54, 1.807) is 6.20 Å². The van der Waals surface area contributed by atoms with Crippen LogP contribution in [0.5, 0.6) is 0 Å². The number of nitrogens with one attached hydrogen (secondary N) is 2. The third-order valence-electron chi connectivity index (χ3n) is 2.63. The number of para-hydroxylation sites is 1. The number of aromatic nitrogens is 3. The van der Waals surface area contributed by atoms with E-state index in [0.717, 1.165) is 16.9 Å². The quantitative estimate of drug-likeness (QED) is 0.719. The first-order valence-corrected chi connectivity index (χ1v) is 5.49. The van der Waals surface area contributed by atoms with Crippen molar-refractivity contribution in [2.75, 3.05) is 5.32 Å². The molecule has 17 heavy (non-hydrogen) atoms. The van der Waals surface area contributed by atoms with E-state index in [2.05, 4.69) is 32.6 Å². The van der Waals surface area contributed by atoms with Crippen molar-refractivity contribution in [2.45, 2.75) is 6.54 Å². The van der Waals surface area contributed by atoms with Crippen molar-refractivity contribution in [1.29, 1.82) is 0 Å². The molecule has 84 valence electrons. The summed E-state index contributed by atoms with van der Waals surface area (Å²) < 4.78 is 0. The van der Waals surface area contributed by atoms with Gasteiger partial charge in [0.15, 0.2) is 0 Å². The molecule has 3 aromatic rings. The van der Waals surface area contributed by atoms with Crippen LogP contribution in [0.1, 0.15) is 5.69 Å². The molecule has 1 aromatic carbocycles. The summed E-state index contributed by atoms with van der Waals surface area (Å²) >= 11 is 0. The number of rotatable bonds is 3. The summed E-state index contributed by atoms with van der Waals surface area (Å²) in [7, 11) is 0. The van der Waals surface area contributed by atoms with Crippen LogP contribution in [0.3, 0.4) is 0 Å². The van der Waals surface area contributed by atoms with Gasteiger partial charge in [-0.1, -0.05) is 24.3 Å². The topological polar surface area (TPSA) is 53.6 Å². The summed E-state index contributed by atoms with van der Waals surface area (Å²) in [6, 6.07) is 12.2. The van der Waals surface area contributed by atoms with E-state index in [4.69, 9.17) is 0 Å². The smallest absolute Gasteiger partial charge is 0.0726 e. The highest BCUT2D eigenvalue weighted by Crippen LogP contribution is 2.12. The van der Waals surface area contributed by atoms with Crippen LogP contribution in [0.2, 0.25) is 0 Å². The number of anilines is 1. The van der Waals surface area contributed by atoms with E-state index in [9.17, 15) is 0 Å². The van der Waals surface area contributed by atoms with Crippen molar-refractivity contribution in [2.24, 2.45) is 0 Å². The van der Waals surface area contributed by atoms with Crippen molar-refractivity contribution in [3.63, 3.8) is 0 Å². The summed E-state index contributed by atoms with van der Waals surface area (Å²) in [5.41, 5.74) is 3.02. The SMILES string of the molecule is c1ccc2nc(CNc3cn[nH]c3)ccc2c1. The number of benzene rings is 1. The van der Waals surface area contributed by atoms with Crippen LogP contribution >= 0.6 is 0 Å². The fraction of sp³-hybridized carbons (Fsp3) is 0.0769. The summed E-state index contributed by atoms with van der Waals surface area (Å²) in [6.07, 6.45) is 3.57. The molecule has 0 saturated carbocycles. The van der Waals surface area contributed by atoms with Gasteiger partial charge in [-0.2, -0.15) is 5.10 Å². The van der Waals surface area contributed by atoms with E-state index >= 15 is 0 Å². The second-order valence-corrected chi connectivity index (χ2v) is 3.84. The summed E-state index contributed by atoms with van der Waals surface area (Å²) in [5, 5.41) is 11.1. The molecule has 0 atom stereocenters. The highest BCUT2D eigenvalue weighted by atomic mass is 15.1. The first kappa shape index (κ1) is 9.84. The number of fused-ring (bicyclic) bond motifs is 1. The molecular formula is C13H12N4. The Morgan fingerprint density at radius 3 is 2.94 bits per heavy atom. The van der Waals surface area contributed by atoms with Gasteiger partial charge in [-0.15, -0.1) is 0 Å². The average Bonchev–Trinajstić information content (AvgIpc) is 2.89. The number of nitrogens with zero attached hydrogens (tertiary/aromatic N) is 2. The monoisotopic (exact) mass is 224 g/mol. The molecule has 0 saturated heterocycles. The zero-order chi connectivity index (χ0) is 11.5. The highest BCUT2D eigenvalue weighted by molar-refractivity contribution is 5.78. The van der Waals surface area contributed by atoms with Crippen LogP contribution in [0, 0.1) is 0 Å². The predicted molar refractivity (Wildman–Crippen MR) is 67.7 cm³/mol. The zero-order valence-electron chi connectivity index (χ0n) is 9.22. The van der Waals surface area contributed by atoms with Crippen molar-refractivity contribution < 1.29 is 0 Å². The number of pyridine rings is 1. The minimum Gasteiger partial charge on any atom is -0.377 e. The van der Waals surface area contributed by atoms with Crippen LogP contribution in [-0.4, -0.2) is 15.2 Å². The fourth-order valence-electron chi connectivity index (χ4n) is 1.75. The van der Waals surface area contributed by atoms with Gasteiger partial charge in [-0.3, -0.25) is 10.1 Å². The first-order chi connectivity index (χ1) is 8.42. The first-order valence-electron chi connectivity index (χ1n) is 5.49. The van der Waals surface area contributed by atoms with Crippen molar-refractivity contribution in [1.82, 2.24) is 15.2 Å². The molecule has 2 aromatic heterocycles. The van der Waals surface area contributed by atoms with Crippen LogP contribution < -0.4 is 5.32 Å². The second-order valence-electron chi connectivity index (χ2n) is 3.84. The van der Waals surface area contributed by atoms with Gasteiger partial charge in [0.2, 0.25) is 0 Å². The molecule has 0 aliphatic carbocycles. The largest absolute Gasteiger partial charge is 0.377 e. The van der Waals surface area contributed by atoms with Crippen LogP contribution in [0.25, 0.3) is 10.9 Å². The van der Waals surface area contributed by atoms with Gasteiger partial charge in [0.25, 0.3) is 0 Å². The van der Waals surface area contributed by atoms with Crippen molar-refractivity contribution in [3.8, 4) is 0 Å². The number of H-pyrrole nitrogens is 1. The molecule has 0 radical (unpaired) electrons. The molecule has 2 N–H and O–H groups in total. The van der Waals surface area contributed by atoms with Gasteiger partial charge < -0.3 is 5.32 Å². The number of hydrogen-bond donors (Lipinski definition) is 2. The van der Waals surface area contributed by atoms with Gasteiger partial charge >= 0.3 is 0 Å². The van der Waals surface area contributed by atoms with Gasteiger partial charge in [-0.05, 0) is 12.1 Å². The van der Waals surface area contributed by atoms with Crippen LogP contribution in [-0.2, 0) is 6.54 Å². The minimum absolute atomic E-state index is 0.699. The lowest BCUT2D eigenvalue weighted by Gasteiger charge is -2.04. The van der Waals surface area contributed by atoms with Gasteiger partial charge in [-0.25, -0.2) is 0 Å². The lowest BCUT2D eigenvalue weighted by Crippen LogP contribution is -2.00. The minimum atomic E-state index is 0.699. The molecule has 0 aliphatic rings. The molecule has 4 heteroatoms. The molecule has 4 nitrogen and oxygen atoms in total. The molecule has 0 bridgehead atoms. The van der Waals surface area contributed by atoms with Gasteiger partial charge in [0, 0.05) is 11.6 Å². The van der Waals surface area contributed by atoms with E-state index in [-0.39, 0.29) is 0 Å². The maximum absolute atomic E-state index is 4.58. The zero-order valence-corrected chi connectivity index (χ0v) is 9.22. The molecule has 0 spiro atoms.